The Bertz CT molecular complexity index is 606. The highest BCUT2D eigenvalue weighted by Crippen LogP contribution is 2.26. The van der Waals surface area contributed by atoms with Crippen LogP contribution in [0.3, 0.4) is 0 Å². The van der Waals surface area contributed by atoms with Gasteiger partial charge in [-0.3, -0.25) is 14.9 Å². The van der Waals surface area contributed by atoms with Crippen molar-refractivity contribution < 1.29 is 19.2 Å². The van der Waals surface area contributed by atoms with E-state index in [1.54, 1.807) is 24.0 Å². The summed E-state index contributed by atoms with van der Waals surface area (Å²) < 4.78 is 10.2. The smallest absolute Gasteiger partial charge is 0.280 e. The van der Waals surface area contributed by atoms with E-state index < -0.39 is 4.92 Å². The number of nitrogens with zero attached hydrogens (tertiary/aromatic N) is 2. The van der Waals surface area contributed by atoms with Gasteiger partial charge in [0.05, 0.1) is 36.9 Å². The van der Waals surface area contributed by atoms with Crippen LogP contribution in [0.2, 0.25) is 0 Å². The van der Waals surface area contributed by atoms with Crippen LogP contribution in [0.4, 0.5) is 5.69 Å². The van der Waals surface area contributed by atoms with Crippen molar-refractivity contribution in [2.24, 2.45) is 0 Å². The molecule has 0 N–H and O–H groups in total. The Labute approximate surface area is 128 Å². The molecule has 1 aromatic carbocycles. The minimum Gasteiger partial charge on any atom is -0.497 e. The summed E-state index contributed by atoms with van der Waals surface area (Å²) in [5.74, 6) is 0.273. The summed E-state index contributed by atoms with van der Waals surface area (Å²) in [6.07, 6.45) is 1.54. The quantitative estimate of drug-likeness (QED) is 0.482. The van der Waals surface area contributed by atoms with Crippen molar-refractivity contribution in [3.8, 4) is 5.75 Å². The van der Waals surface area contributed by atoms with Gasteiger partial charge >= 0.3 is 0 Å². The first kappa shape index (κ1) is 16.0. The molecule has 0 unspecified atom stereocenters. The van der Waals surface area contributed by atoms with Crippen LogP contribution in [0, 0.1) is 10.1 Å². The second-order valence-corrected chi connectivity index (χ2v) is 4.91. The number of morpholine rings is 1. The number of hydrogen-bond donors (Lipinski definition) is 0. The normalized spacial score (nSPS) is 15.5. The lowest BCUT2D eigenvalue weighted by molar-refractivity contribution is -0.385. The van der Waals surface area contributed by atoms with Crippen LogP contribution in [0.25, 0.3) is 6.08 Å². The monoisotopic (exact) mass is 306 g/mol. The molecule has 1 saturated heterocycles. The molecule has 0 atom stereocenters. The minimum absolute atomic E-state index is 0.0894. The van der Waals surface area contributed by atoms with Crippen LogP contribution < -0.4 is 4.74 Å². The van der Waals surface area contributed by atoms with Crippen LogP contribution in [0.15, 0.2) is 23.8 Å². The largest absolute Gasteiger partial charge is 0.497 e. The van der Waals surface area contributed by atoms with Crippen LogP contribution in [0.5, 0.6) is 5.75 Å². The maximum atomic E-state index is 12.3. The van der Waals surface area contributed by atoms with Gasteiger partial charge in [-0.05, 0) is 25.1 Å². The molecule has 1 aliphatic heterocycles. The van der Waals surface area contributed by atoms with E-state index in [-0.39, 0.29) is 11.6 Å². The molecule has 2 rings (SSSR count). The number of nitro benzene ring substituents is 1. The van der Waals surface area contributed by atoms with Gasteiger partial charge in [0.15, 0.2) is 0 Å². The van der Waals surface area contributed by atoms with Gasteiger partial charge in [0, 0.05) is 18.7 Å². The summed E-state index contributed by atoms with van der Waals surface area (Å²) in [5, 5.41) is 11.2. The molecule has 7 nitrogen and oxygen atoms in total. The molecular weight excluding hydrogens is 288 g/mol. The number of hydrogen-bond acceptors (Lipinski definition) is 5. The molecule has 0 bridgehead atoms. The lowest BCUT2D eigenvalue weighted by Gasteiger charge is -2.27. The Balaban J connectivity index is 2.27. The first-order chi connectivity index (χ1) is 10.5. The fraction of sp³-hybridized carbons (Fsp3) is 0.400. The van der Waals surface area contributed by atoms with Crippen molar-refractivity contribution in [1.29, 1.82) is 0 Å². The lowest BCUT2D eigenvalue weighted by atomic mass is 10.1. The van der Waals surface area contributed by atoms with Gasteiger partial charge < -0.3 is 14.4 Å². The third kappa shape index (κ3) is 3.62. The van der Waals surface area contributed by atoms with Crippen molar-refractivity contribution >= 4 is 17.7 Å². The van der Waals surface area contributed by atoms with Crippen molar-refractivity contribution in [3.05, 3.63) is 39.4 Å². The number of carbonyl (C=O) groups excluding carboxylic acids is 1. The Hall–Kier alpha value is -2.41. The molecule has 0 saturated carbocycles. The van der Waals surface area contributed by atoms with Crippen molar-refractivity contribution in [2.75, 3.05) is 33.4 Å². The molecular formula is C15H18N2O5. The molecule has 1 heterocycles. The number of rotatable bonds is 4. The van der Waals surface area contributed by atoms with Gasteiger partial charge in [0.1, 0.15) is 5.75 Å². The number of ether oxygens (including phenoxy) is 2. The highest BCUT2D eigenvalue weighted by Gasteiger charge is 2.20. The third-order valence-electron chi connectivity index (χ3n) is 3.44. The van der Waals surface area contributed by atoms with Gasteiger partial charge in [-0.2, -0.15) is 0 Å². The number of carbonyl (C=O) groups is 1. The Morgan fingerprint density at radius 2 is 2.09 bits per heavy atom. The van der Waals surface area contributed by atoms with E-state index in [1.807, 2.05) is 0 Å². The molecule has 1 aliphatic rings. The number of benzene rings is 1. The number of methoxy groups -OCH3 is 1. The highest BCUT2D eigenvalue weighted by atomic mass is 16.6. The summed E-state index contributed by atoms with van der Waals surface area (Å²) in [5.41, 5.74) is 0.744. The standard InChI is InChI=1S/C15H18N2O5/c1-11(15(18)16-5-7-22-8-6-16)9-12-3-4-13(21-2)10-14(12)17(19)20/h3-4,9-10H,5-8H2,1-2H3/b11-9+. The first-order valence-corrected chi connectivity index (χ1v) is 6.90. The summed E-state index contributed by atoms with van der Waals surface area (Å²) in [6.45, 7) is 3.76. The zero-order valence-electron chi connectivity index (χ0n) is 12.6. The number of nitro groups is 1. The van der Waals surface area contributed by atoms with Crippen molar-refractivity contribution in [2.45, 2.75) is 6.92 Å². The van der Waals surface area contributed by atoms with E-state index in [9.17, 15) is 14.9 Å². The van der Waals surface area contributed by atoms with Gasteiger partial charge in [-0.15, -0.1) is 0 Å². The van der Waals surface area contributed by atoms with E-state index in [1.165, 1.54) is 19.3 Å². The maximum Gasteiger partial charge on any atom is 0.280 e. The maximum absolute atomic E-state index is 12.3. The van der Waals surface area contributed by atoms with E-state index in [4.69, 9.17) is 9.47 Å². The fourth-order valence-corrected chi connectivity index (χ4v) is 2.24. The molecule has 118 valence electrons. The molecule has 0 radical (unpaired) electrons. The molecule has 1 amide bonds. The second kappa shape index (κ2) is 7.04. The van der Waals surface area contributed by atoms with Crippen LogP contribution in [-0.4, -0.2) is 49.1 Å². The molecule has 7 heteroatoms. The third-order valence-corrected chi connectivity index (χ3v) is 3.44. The predicted octanol–water partition coefficient (Wildman–Crippen LogP) is 1.87. The van der Waals surface area contributed by atoms with Crippen LogP contribution >= 0.6 is 0 Å². The van der Waals surface area contributed by atoms with Gasteiger partial charge in [0.25, 0.3) is 5.69 Å². The van der Waals surface area contributed by atoms with E-state index in [0.717, 1.165) is 0 Å². The van der Waals surface area contributed by atoms with Gasteiger partial charge in [0.2, 0.25) is 5.91 Å². The van der Waals surface area contributed by atoms with Crippen molar-refractivity contribution in [3.63, 3.8) is 0 Å². The molecule has 1 fully saturated rings. The van der Waals surface area contributed by atoms with E-state index in [0.29, 0.717) is 43.2 Å². The van der Waals surface area contributed by atoms with Crippen LogP contribution in [0.1, 0.15) is 12.5 Å². The Morgan fingerprint density at radius 3 is 2.68 bits per heavy atom. The molecule has 0 spiro atoms. The van der Waals surface area contributed by atoms with E-state index >= 15 is 0 Å². The predicted molar refractivity (Wildman–Crippen MR) is 80.7 cm³/mol. The lowest BCUT2D eigenvalue weighted by Crippen LogP contribution is -2.41. The Kier molecular flexibility index (Phi) is 5.11. The zero-order valence-corrected chi connectivity index (χ0v) is 12.6. The molecule has 0 aromatic heterocycles. The average molecular weight is 306 g/mol. The summed E-state index contributed by atoms with van der Waals surface area (Å²) in [4.78, 5) is 24.7. The molecule has 22 heavy (non-hydrogen) atoms. The number of amides is 1. The molecule has 0 aliphatic carbocycles. The highest BCUT2D eigenvalue weighted by molar-refractivity contribution is 5.97. The van der Waals surface area contributed by atoms with E-state index in [2.05, 4.69) is 0 Å². The van der Waals surface area contributed by atoms with Gasteiger partial charge in [-0.1, -0.05) is 0 Å². The Morgan fingerprint density at radius 1 is 1.41 bits per heavy atom. The second-order valence-electron chi connectivity index (χ2n) is 4.91. The topological polar surface area (TPSA) is 81.9 Å². The molecule has 1 aromatic rings. The fourth-order valence-electron chi connectivity index (χ4n) is 2.24. The minimum atomic E-state index is -0.485. The van der Waals surface area contributed by atoms with Crippen molar-refractivity contribution in [1.82, 2.24) is 4.90 Å². The first-order valence-electron chi connectivity index (χ1n) is 6.90. The SMILES string of the molecule is COc1ccc(/C=C(\C)C(=O)N2CCOCC2)c([N+](=O)[O-])c1. The van der Waals surface area contributed by atoms with Gasteiger partial charge in [-0.25, -0.2) is 0 Å². The summed E-state index contributed by atoms with van der Waals surface area (Å²) in [7, 11) is 1.45. The van der Waals surface area contributed by atoms with Crippen LogP contribution in [-0.2, 0) is 9.53 Å². The summed E-state index contributed by atoms with van der Waals surface area (Å²) >= 11 is 0. The average Bonchev–Trinajstić information content (AvgIpc) is 2.55. The summed E-state index contributed by atoms with van der Waals surface area (Å²) in [6, 6.07) is 4.55. The zero-order chi connectivity index (χ0) is 16.1.